The van der Waals surface area contributed by atoms with Gasteiger partial charge in [0.15, 0.2) is 0 Å². The molecule has 3 heterocycles. The lowest BCUT2D eigenvalue weighted by molar-refractivity contribution is 0.0908. The average molecular weight is 289 g/mol. The fourth-order valence-corrected chi connectivity index (χ4v) is 3.92. The lowest BCUT2D eigenvalue weighted by atomic mass is 9.91. The van der Waals surface area contributed by atoms with Gasteiger partial charge in [-0.25, -0.2) is 4.98 Å². The van der Waals surface area contributed by atoms with E-state index in [1.165, 1.54) is 25.7 Å². The minimum atomic E-state index is -0.135. The third kappa shape index (κ3) is 2.57. The van der Waals surface area contributed by atoms with Crippen molar-refractivity contribution in [2.45, 2.75) is 56.5 Å². The summed E-state index contributed by atoms with van der Waals surface area (Å²) in [6, 6.07) is 1.44. The van der Waals surface area contributed by atoms with Gasteiger partial charge < -0.3 is 10.2 Å². The Balaban J connectivity index is 1.31. The number of nitrogens with one attached hydrogen (secondary N) is 2. The number of aromatic nitrogens is 3. The normalized spacial score (nSPS) is 32.3. The second kappa shape index (κ2) is 5.09. The molecule has 6 heteroatoms. The molecule has 0 spiro atoms. The minimum absolute atomic E-state index is 0.135. The van der Waals surface area contributed by atoms with Crippen molar-refractivity contribution in [1.29, 1.82) is 0 Å². The summed E-state index contributed by atoms with van der Waals surface area (Å²) in [5.41, 5.74) is 0. The molecule has 4 rings (SSSR count). The molecular weight excluding hydrogens is 266 g/mol. The predicted octanol–water partition coefficient (Wildman–Crippen LogP) is 1.28. The molecule has 1 aliphatic carbocycles. The Morgan fingerprint density at radius 1 is 1.29 bits per heavy atom. The zero-order valence-electron chi connectivity index (χ0n) is 12.5. The van der Waals surface area contributed by atoms with Crippen molar-refractivity contribution < 1.29 is 4.79 Å². The van der Waals surface area contributed by atoms with Crippen LogP contribution in [0, 0.1) is 5.92 Å². The molecule has 6 nitrogen and oxygen atoms in total. The zero-order chi connectivity index (χ0) is 14.4. The molecule has 2 atom stereocenters. The Morgan fingerprint density at radius 3 is 2.67 bits per heavy atom. The standard InChI is InChI=1S/C15H23N5O/c1-20-11-4-5-12(20)7-9(6-11)8-16-15(21)14-17-13(18-19-14)10-2-3-10/h9-12H,2-8H2,1H3,(H,16,21)(H,17,18,19). The van der Waals surface area contributed by atoms with Crippen LogP contribution in [0.3, 0.4) is 0 Å². The quantitative estimate of drug-likeness (QED) is 0.876. The summed E-state index contributed by atoms with van der Waals surface area (Å²) in [6.45, 7) is 0.757. The fraction of sp³-hybridized carbons (Fsp3) is 0.800. The van der Waals surface area contributed by atoms with Crippen LogP contribution in [0.2, 0.25) is 0 Å². The summed E-state index contributed by atoms with van der Waals surface area (Å²) in [4.78, 5) is 18.9. The van der Waals surface area contributed by atoms with Gasteiger partial charge in [0.2, 0.25) is 5.82 Å². The van der Waals surface area contributed by atoms with E-state index in [0.29, 0.717) is 17.7 Å². The molecule has 2 unspecified atom stereocenters. The van der Waals surface area contributed by atoms with Crippen molar-refractivity contribution in [3.63, 3.8) is 0 Å². The average Bonchev–Trinajstić information content (AvgIpc) is 3.19. The highest BCUT2D eigenvalue weighted by molar-refractivity contribution is 5.90. The van der Waals surface area contributed by atoms with Crippen molar-refractivity contribution in [1.82, 2.24) is 25.4 Å². The van der Waals surface area contributed by atoms with E-state index in [0.717, 1.165) is 37.3 Å². The number of H-pyrrole nitrogens is 1. The monoisotopic (exact) mass is 289 g/mol. The van der Waals surface area contributed by atoms with Crippen LogP contribution in [0.5, 0.6) is 0 Å². The molecule has 3 fully saturated rings. The van der Waals surface area contributed by atoms with Crippen LogP contribution in [0.25, 0.3) is 0 Å². The van der Waals surface area contributed by atoms with E-state index < -0.39 is 0 Å². The molecule has 1 amide bonds. The molecule has 3 aliphatic rings. The first-order valence-corrected chi connectivity index (χ1v) is 8.13. The van der Waals surface area contributed by atoms with Gasteiger partial charge in [0, 0.05) is 24.5 Å². The summed E-state index contributed by atoms with van der Waals surface area (Å²) in [5.74, 6) is 2.14. The molecule has 1 saturated carbocycles. The van der Waals surface area contributed by atoms with Crippen molar-refractivity contribution in [3.05, 3.63) is 11.6 Å². The number of hydrogen-bond acceptors (Lipinski definition) is 4. The maximum absolute atomic E-state index is 12.1. The lowest BCUT2D eigenvalue weighted by Gasteiger charge is -2.36. The van der Waals surface area contributed by atoms with E-state index in [-0.39, 0.29) is 5.91 Å². The number of carbonyl (C=O) groups excluding carboxylic acids is 1. The number of fused-ring (bicyclic) bond motifs is 2. The van der Waals surface area contributed by atoms with Gasteiger partial charge in [-0.05, 0) is 51.5 Å². The van der Waals surface area contributed by atoms with E-state index in [1.807, 2.05) is 0 Å². The molecule has 2 N–H and O–H groups in total. The molecular formula is C15H23N5O. The first-order valence-electron chi connectivity index (χ1n) is 8.13. The molecule has 2 bridgehead atoms. The maximum Gasteiger partial charge on any atom is 0.290 e. The minimum Gasteiger partial charge on any atom is -0.349 e. The molecule has 2 aliphatic heterocycles. The third-order valence-electron chi connectivity index (χ3n) is 5.42. The summed E-state index contributed by atoms with van der Waals surface area (Å²) < 4.78 is 0. The van der Waals surface area contributed by atoms with Crippen LogP contribution < -0.4 is 5.32 Å². The van der Waals surface area contributed by atoms with Crippen molar-refractivity contribution in [3.8, 4) is 0 Å². The largest absolute Gasteiger partial charge is 0.349 e. The Hall–Kier alpha value is -1.43. The smallest absolute Gasteiger partial charge is 0.290 e. The number of piperidine rings is 1. The van der Waals surface area contributed by atoms with E-state index in [4.69, 9.17) is 0 Å². The Kier molecular flexibility index (Phi) is 3.21. The number of amides is 1. The molecule has 21 heavy (non-hydrogen) atoms. The fourth-order valence-electron chi connectivity index (χ4n) is 3.92. The predicted molar refractivity (Wildman–Crippen MR) is 78.0 cm³/mol. The molecule has 0 aromatic carbocycles. The van der Waals surface area contributed by atoms with Crippen LogP contribution in [0.1, 0.15) is 60.9 Å². The van der Waals surface area contributed by atoms with E-state index >= 15 is 0 Å². The zero-order valence-corrected chi connectivity index (χ0v) is 12.5. The highest BCUT2D eigenvalue weighted by Gasteiger charge is 2.38. The Bertz CT molecular complexity index is 524. The third-order valence-corrected chi connectivity index (χ3v) is 5.42. The maximum atomic E-state index is 12.1. The molecule has 2 saturated heterocycles. The van der Waals surface area contributed by atoms with Crippen LogP contribution in [0.4, 0.5) is 0 Å². The Labute approximate surface area is 124 Å². The van der Waals surface area contributed by atoms with Gasteiger partial charge in [-0.3, -0.25) is 9.89 Å². The lowest BCUT2D eigenvalue weighted by Crippen LogP contribution is -2.43. The molecule has 114 valence electrons. The summed E-state index contributed by atoms with van der Waals surface area (Å²) in [7, 11) is 2.24. The van der Waals surface area contributed by atoms with Gasteiger partial charge in [-0.15, -0.1) is 5.10 Å². The summed E-state index contributed by atoms with van der Waals surface area (Å²) in [5, 5.41) is 9.95. The number of carbonyl (C=O) groups is 1. The molecule has 1 aromatic heterocycles. The first kappa shape index (κ1) is 13.2. The molecule has 1 aromatic rings. The van der Waals surface area contributed by atoms with Crippen LogP contribution in [-0.4, -0.2) is 51.7 Å². The van der Waals surface area contributed by atoms with Crippen molar-refractivity contribution >= 4 is 5.91 Å². The van der Waals surface area contributed by atoms with Gasteiger partial charge in [0.1, 0.15) is 5.82 Å². The number of hydrogen-bond donors (Lipinski definition) is 2. The second-order valence-corrected chi connectivity index (χ2v) is 6.92. The topological polar surface area (TPSA) is 73.9 Å². The summed E-state index contributed by atoms with van der Waals surface area (Å²) >= 11 is 0. The first-order chi connectivity index (χ1) is 10.2. The van der Waals surface area contributed by atoms with Crippen molar-refractivity contribution in [2.24, 2.45) is 5.92 Å². The van der Waals surface area contributed by atoms with Gasteiger partial charge >= 0.3 is 0 Å². The van der Waals surface area contributed by atoms with Crippen LogP contribution >= 0.6 is 0 Å². The number of aromatic amines is 1. The Morgan fingerprint density at radius 2 is 2.00 bits per heavy atom. The van der Waals surface area contributed by atoms with Gasteiger partial charge in [-0.1, -0.05) is 0 Å². The highest BCUT2D eigenvalue weighted by atomic mass is 16.2. The molecule has 0 radical (unpaired) electrons. The van der Waals surface area contributed by atoms with Crippen LogP contribution in [0.15, 0.2) is 0 Å². The van der Waals surface area contributed by atoms with Gasteiger partial charge in [0.25, 0.3) is 5.91 Å². The van der Waals surface area contributed by atoms with E-state index in [1.54, 1.807) is 0 Å². The van der Waals surface area contributed by atoms with Gasteiger partial charge in [-0.2, -0.15) is 0 Å². The SMILES string of the molecule is CN1C2CCC1CC(CNC(=O)c1n[nH]c(C3CC3)n1)C2. The number of rotatable bonds is 4. The van der Waals surface area contributed by atoms with Gasteiger partial charge in [0.05, 0.1) is 0 Å². The van der Waals surface area contributed by atoms with Crippen molar-refractivity contribution in [2.75, 3.05) is 13.6 Å². The summed E-state index contributed by atoms with van der Waals surface area (Å²) in [6.07, 6.45) is 7.36. The van der Waals surface area contributed by atoms with Crippen LogP contribution in [-0.2, 0) is 0 Å². The number of nitrogens with zero attached hydrogens (tertiary/aromatic N) is 3. The second-order valence-electron chi connectivity index (χ2n) is 6.92. The highest BCUT2D eigenvalue weighted by Crippen LogP contribution is 2.38. The van der Waals surface area contributed by atoms with E-state index in [2.05, 4.69) is 32.4 Å². The van der Waals surface area contributed by atoms with E-state index in [9.17, 15) is 4.79 Å².